The molecule has 0 bridgehead atoms. The van der Waals surface area contributed by atoms with Gasteiger partial charge in [-0.3, -0.25) is 9.97 Å². The van der Waals surface area contributed by atoms with Crippen molar-refractivity contribution in [3.63, 3.8) is 0 Å². The highest BCUT2D eigenvalue weighted by molar-refractivity contribution is 4.94. The SMILES string of the molecule is CC1CCCC(NCc2cnccn2)CC1. The van der Waals surface area contributed by atoms with Crippen molar-refractivity contribution in [2.24, 2.45) is 5.92 Å². The normalized spacial score (nSPS) is 26.3. The lowest BCUT2D eigenvalue weighted by atomic mass is 10.0. The quantitative estimate of drug-likeness (QED) is 0.794. The van der Waals surface area contributed by atoms with E-state index in [-0.39, 0.29) is 0 Å². The van der Waals surface area contributed by atoms with Crippen molar-refractivity contribution in [2.75, 3.05) is 0 Å². The number of hydrogen-bond donors (Lipinski definition) is 1. The van der Waals surface area contributed by atoms with Gasteiger partial charge in [-0.05, 0) is 25.2 Å². The van der Waals surface area contributed by atoms with Gasteiger partial charge < -0.3 is 5.32 Å². The van der Waals surface area contributed by atoms with Crippen LogP contribution < -0.4 is 5.32 Å². The molecule has 1 N–H and O–H groups in total. The van der Waals surface area contributed by atoms with Gasteiger partial charge in [-0.25, -0.2) is 0 Å². The summed E-state index contributed by atoms with van der Waals surface area (Å²) in [5, 5.41) is 3.60. The average molecular weight is 219 g/mol. The summed E-state index contributed by atoms with van der Waals surface area (Å²) in [6, 6.07) is 0.673. The fraction of sp³-hybridized carbons (Fsp3) is 0.692. The maximum atomic E-state index is 4.28. The Kier molecular flexibility index (Phi) is 4.28. The zero-order chi connectivity index (χ0) is 11.2. The molecule has 1 aliphatic carbocycles. The molecule has 88 valence electrons. The third-order valence-electron chi connectivity index (χ3n) is 3.45. The van der Waals surface area contributed by atoms with E-state index in [1.807, 2.05) is 6.20 Å². The number of hydrogen-bond acceptors (Lipinski definition) is 3. The van der Waals surface area contributed by atoms with E-state index in [9.17, 15) is 0 Å². The summed E-state index contributed by atoms with van der Waals surface area (Å²) in [6.07, 6.45) is 12.0. The molecule has 3 nitrogen and oxygen atoms in total. The zero-order valence-corrected chi connectivity index (χ0v) is 10.0. The summed E-state index contributed by atoms with van der Waals surface area (Å²) in [5.74, 6) is 0.906. The van der Waals surface area contributed by atoms with Crippen LogP contribution >= 0.6 is 0 Å². The van der Waals surface area contributed by atoms with Crippen LogP contribution in [0.3, 0.4) is 0 Å². The lowest BCUT2D eigenvalue weighted by molar-refractivity contribution is 0.444. The van der Waals surface area contributed by atoms with Crippen LogP contribution in [0.25, 0.3) is 0 Å². The van der Waals surface area contributed by atoms with E-state index < -0.39 is 0 Å². The van der Waals surface area contributed by atoms with Gasteiger partial charge in [-0.15, -0.1) is 0 Å². The van der Waals surface area contributed by atoms with Crippen LogP contribution in [0.2, 0.25) is 0 Å². The van der Waals surface area contributed by atoms with Crippen LogP contribution in [-0.2, 0) is 6.54 Å². The Balaban J connectivity index is 1.77. The molecular formula is C13H21N3. The number of nitrogens with one attached hydrogen (secondary N) is 1. The van der Waals surface area contributed by atoms with Gasteiger partial charge in [0.15, 0.2) is 0 Å². The summed E-state index contributed by atoms with van der Waals surface area (Å²) in [5.41, 5.74) is 1.04. The minimum atomic E-state index is 0.673. The largest absolute Gasteiger partial charge is 0.308 e. The van der Waals surface area contributed by atoms with Gasteiger partial charge >= 0.3 is 0 Å². The second-order valence-electron chi connectivity index (χ2n) is 4.89. The summed E-state index contributed by atoms with van der Waals surface area (Å²) in [7, 11) is 0. The van der Waals surface area contributed by atoms with Gasteiger partial charge in [0.2, 0.25) is 0 Å². The van der Waals surface area contributed by atoms with Gasteiger partial charge in [0.1, 0.15) is 0 Å². The molecule has 1 aliphatic rings. The highest BCUT2D eigenvalue weighted by Crippen LogP contribution is 2.22. The van der Waals surface area contributed by atoms with Gasteiger partial charge in [0, 0.05) is 31.2 Å². The Morgan fingerprint density at radius 1 is 1.25 bits per heavy atom. The molecule has 1 fully saturated rings. The lowest BCUT2D eigenvalue weighted by Crippen LogP contribution is -2.28. The minimum absolute atomic E-state index is 0.673. The number of aromatic nitrogens is 2. The molecule has 1 heterocycles. The van der Waals surface area contributed by atoms with E-state index in [1.165, 1.54) is 32.1 Å². The van der Waals surface area contributed by atoms with Crippen molar-refractivity contribution in [1.82, 2.24) is 15.3 Å². The Labute approximate surface area is 97.7 Å². The van der Waals surface area contributed by atoms with Crippen LogP contribution in [0.5, 0.6) is 0 Å². The Morgan fingerprint density at radius 3 is 3.00 bits per heavy atom. The van der Waals surface area contributed by atoms with Crippen LogP contribution in [0.1, 0.15) is 44.7 Å². The third kappa shape index (κ3) is 3.56. The van der Waals surface area contributed by atoms with Crippen LogP contribution in [-0.4, -0.2) is 16.0 Å². The fourth-order valence-electron chi connectivity index (χ4n) is 2.36. The van der Waals surface area contributed by atoms with E-state index in [0.717, 1.165) is 18.2 Å². The molecule has 0 aromatic carbocycles. The molecule has 1 saturated carbocycles. The Morgan fingerprint density at radius 2 is 2.19 bits per heavy atom. The predicted molar refractivity (Wildman–Crippen MR) is 64.9 cm³/mol. The van der Waals surface area contributed by atoms with Gasteiger partial charge in [-0.1, -0.05) is 19.8 Å². The van der Waals surface area contributed by atoms with E-state index in [2.05, 4.69) is 22.2 Å². The van der Waals surface area contributed by atoms with Gasteiger partial charge in [0.05, 0.1) is 5.69 Å². The first kappa shape index (κ1) is 11.5. The number of rotatable bonds is 3. The molecule has 0 radical (unpaired) electrons. The first-order valence-electron chi connectivity index (χ1n) is 6.33. The van der Waals surface area contributed by atoms with Crippen LogP contribution in [0, 0.1) is 5.92 Å². The molecule has 0 saturated heterocycles. The minimum Gasteiger partial charge on any atom is -0.308 e. The first-order chi connectivity index (χ1) is 7.84. The summed E-state index contributed by atoms with van der Waals surface area (Å²) in [6.45, 7) is 3.22. The monoisotopic (exact) mass is 219 g/mol. The average Bonchev–Trinajstić information content (AvgIpc) is 2.53. The predicted octanol–water partition coefficient (Wildman–Crippen LogP) is 2.54. The highest BCUT2D eigenvalue weighted by Gasteiger charge is 2.15. The van der Waals surface area contributed by atoms with E-state index in [0.29, 0.717) is 6.04 Å². The second-order valence-corrected chi connectivity index (χ2v) is 4.89. The van der Waals surface area contributed by atoms with Crippen molar-refractivity contribution in [1.29, 1.82) is 0 Å². The van der Waals surface area contributed by atoms with Crippen molar-refractivity contribution in [2.45, 2.75) is 51.6 Å². The van der Waals surface area contributed by atoms with Crippen molar-refractivity contribution < 1.29 is 0 Å². The molecule has 0 amide bonds. The van der Waals surface area contributed by atoms with Crippen molar-refractivity contribution in [3.8, 4) is 0 Å². The van der Waals surface area contributed by atoms with Crippen molar-refractivity contribution in [3.05, 3.63) is 24.3 Å². The maximum Gasteiger partial charge on any atom is 0.0724 e. The molecule has 2 rings (SSSR count). The fourth-order valence-corrected chi connectivity index (χ4v) is 2.36. The Bertz CT molecular complexity index is 299. The van der Waals surface area contributed by atoms with Gasteiger partial charge in [-0.2, -0.15) is 0 Å². The van der Waals surface area contributed by atoms with E-state index in [4.69, 9.17) is 0 Å². The maximum absolute atomic E-state index is 4.28. The summed E-state index contributed by atoms with van der Waals surface area (Å²) >= 11 is 0. The topological polar surface area (TPSA) is 37.8 Å². The molecule has 0 spiro atoms. The summed E-state index contributed by atoms with van der Waals surface area (Å²) in [4.78, 5) is 8.35. The smallest absolute Gasteiger partial charge is 0.0724 e. The first-order valence-corrected chi connectivity index (χ1v) is 6.33. The van der Waals surface area contributed by atoms with Crippen LogP contribution in [0.15, 0.2) is 18.6 Å². The third-order valence-corrected chi connectivity index (χ3v) is 3.45. The standard InChI is InChI=1S/C13H21N3/c1-11-3-2-4-12(6-5-11)16-10-13-9-14-7-8-15-13/h7-9,11-12,16H,2-6,10H2,1H3. The zero-order valence-electron chi connectivity index (χ0n) is 10.0. The highest BCUT2D eigenvalue weighted by atomic mass is 14.9. The summed E-state index contributed by atoms with van der Waals surface area (Å²) < 4.78 is 0. The van der Waals surface area contributed by atoms with Crippen LogP contribution in [0.4, 0.5) is 0 Å². The molecule has 1 aromatic rings. The van der Waals surface area contributed by atoms with Crippen molar-refractivity contribution >= 4 is 0 Å². The second kappa shape index (κ2) is 5.94. The molecule has 3 heteroatoms. The molecule has 2 unspecified atom stereocenters. The Hall–Kier alpha value is -0.960. The molecule has 1 aromatic heterocycles. The molecule has 0 aliphatic heterocycles. The van der Waals surface area contributed by atoms with E-state index in [1.54, 1.807) is 12.4 Å². The molecule has 16 heavy (non-hydrogen) atoms. The molecule has 2 atom stereocenters. The van der Waals surface area contributed by atoms with E-state index >= 15 is 0 Å². The van der Waals surface area contributed by atoms with Gasteiger partial charge in [0.25, 0.3) is 0 Å². The molecular weight excluding hydrogens is 198 g/mol. The lowest BCUT2D eigenvalue weighted by Gasteiger charge is -2.15. The number of nitrogens with zero attached hydrogens (tertiary/aromatic N) is 2.